The number of para-hydroxylation sites is 1. The van der Waals surface area contributed by atoms with Crippen LogP contribution in [0, 0.1) is 18.8 Å². The maximum absolute atomic E-state index is 13.8. The molecule has 2 amide bonds. The van der Waals surface area contributed by atoms with Gasteiger partial charge in [-0.2, -0.15) is 5.10 Å². The van der Waals surface area contributed by atoms with E-state index in [-0.39, 0.29) is 29.8 Å². The van der Waals surface area contributed by atoms with Crippen LogP contribution in [0.4, 0.5) is 0 Å². The van der Waals surface area contributed by atoms with Gasteiger partial charge < -0.3 is 9.80 Å². The van der Waals surface area contributed by atoms with E-state index in [4.69, 9.17) is 5.10 Å². The quantitative estimate of drug-likeness (QED) is 0.747. The van der Waals surface area contributed by atoms with Crippen LogP contribution in [-0.2, 0) is 4.79 Å². The first-order valence-corrected chi connectivity index (χ1v) is 11.7. The molecule has 0 spiro atoms. The normalized spacial score (nSPS) is 23.9. The molecule has 0 bridgehead atoms. The Bertz CT molecular complexity index is 990. The fourth-order valence-electron chi connectivity index (χ4n) is 5.89. The van der Waals surface area contributed by atoms with Crippen LogP contribution in [0.15, 0.2) is 30.3 Å². The lowest BCUT2D eigenvalue weighted by molar-refractivity contribution is -0.134. The molecule has 2 aromatic rings. The zero-order chi connectivity index (χ0) is 21.7. The van der Waals surface area contributed by atoms with E-state index >= 15 is 0 Å². The fourth-order valence-corrected chi connectivity index (χ4v) is 5.89. The average molecular weight is 421 g/mol. The maximum Gasteiger partial charge on any atom is 0.273 e. The highest BCUT2D eigenvalue weighted by atomic mass is 16.2. The summed E-state index contributed by atoms with van der Waals surface area (Å²) >= 11 is 0. The van der Waals surface area contributed by atoms with Gasteiger partial charge in [0.05, 0.1) is 23.5 Å². The Morgan fingerprint density at radius 2 is 1.81 bits per heavy atom. The Labute approximate surface area is 184 Å². The van der Waals surface area contributed by atoms with Gasteiger partial charge >= 0.3 is 0 Å². The molecule has 1 saturated carbocycles. The molecule has 3 heterocycles. The highest BCUT2D eigenvalue weighted by molar-refractivity contribution is 5.99. The van der Waals surface area contributed by atoms with E-state index in [1.807, 2.05) is 46.8 Å². The highest BCUT2D eigenvalue weighted by Crippen LogP contribution is 2.44. The largest absolute Gasteiger partial charge is 0.340 e. The second-order valence-corrected chi connectivity index (χ2v) is 9.70. The molecule has 1 aromatic carbocycles. The number of hydrogen-bond donors (Lipinski definition) is 0. The Balaban J connectivity index is 1.46. The number of carbonyl (C=O) groups excluding carboxylic acids is 2. The monoisotopic (exact) mass is 420 g/mol. The number of fused-ring (bicyclic) bond motifs is 1. The van der Waals surface area contributed by atoms with Gasteiger partial charge in [0.15, 0.2) is 0 Å². The Kier molecular flexibility index (Phi) is 5.11. The van der Waals surface area contributed by atoms with Crippen LogP contribution in [0.3, 0.4) is 0 Å². The third-order valence-corrected chi connectivity index (χ3v) is 7.34. The average Bonchev–Trinajstić information content (AvgIpc) is 3.54. The van der Waals surface area contributed by atoms with Gasteiger partial charge in [-0.1, -0.05) is 44.9 Å². The summed E-state index contributed by atoms with van der Waals surface area (Å²) in [6.07, 6.45) is 5.23. The van der Waals surface area contributed by atoms with Crippen LogP contribution in [0.25, 0.3) is 5.69 Å². The van der Waals surface area contributed by atoms with E-state index in [9.17, 15) is 9.59 Å². The first-order chi connectivity index (χ1) is 15.0. The number of nitrogens with zero attached hydrogens (tertiary/aromatic N) is 4. The van der Waals surface area contributed by atoms with Crippen molar-refractivity contribution < 1.29 is 9.59 Å². The van der Waals surface area contributed by atoms with Gasteiger partial charge in [-0.3, -0.25) is 9.59 Å². The second-order valence-electron chi connectivity index (χ2n) is 9.70. The Morgan fingerprint density at radius 3 is 2.48 bits per heavy atom. The summed E-state index contributed by atoms with van der Waals surface area (Å²) in [5.74, 6) is 0.826. The Hall–Kier alpha value is -2.63. The summed E-state index contributed by atoms with van der Waals surface area (Å²) in [5, 5.41) is 4.75. The van der Waals surface area contributed by atoms with Gasteiger partial charge in [0.1, 0.15) is 5.69 Å². The molecule has 164 valence electrons. The smallest absolute Gasteiger partial charge is 0.273 e. The minimum Gasteiger partial charge on any atom is -0.340 e. The zero-order valence-electron chi connectivity index (χ0n) is 18.8. The summed E-state index contributed by atoms with van der Waals surface area (Å²) < 4.78 is 1.82. The van der Waals surface area contributed by atoms with E-state index in [1.165, 1.54) is 0 Å². The van der Waals surface area contributed by atoms with Gasteiger partial charge in [0.25, 0.3) is 5.91 Å². The van der Waals surface area contributed by atoms with Crippen LogP contribution in [-0.4, -0.2) is 50.5 Å². The lowest BCUT2D eigenvalue weighted by atomic mass is 9.95. The molecule has 1 aliphatic carbocycles. The van der Waals surface area contributed by atoms with Crippen molar-refractivity contribution in [1.82, 2.24) is 19.6 Å². The molecule has 0 N–H and O–H groups in total. The first kappa shape index (κ1) is 20.3. The summed E-state index contributed by atoms with van der Waals surface area (Å²) in [5.41, 5.74) is 3.59. The predicted molar refractivity (Wildman–Crippen MR) is 119 cm³/mol. The lowest BCUT2D eigenvalue weighted by Gasteiger charge is -2.34. The van der Waals surface area contributed by atoms with Crippen LogP contribution in [0.2, 0.25) is 0 Å². The molecule has 1 aromatic heterocycles. The number of aromatic nitrogens is 2. The van der Waals surface area contributed by atoms with Crippen molar-refractivity contribution in [2.45, 2.75) is 65.0 Å². The van der Waals surface area contributed by atoms with Crippen LogP contribution < -0.4 is 0 Å². The van der Waals surface area contributed by atoms with Crippen LogP contribution in [0.1, 0.15) is 73.7 Å². The van der Waals surface area contributed by atoms with Crippen LogP contribution >= 0.6 is 0 Å². The van der Waals surface area contributed by atoms with E-state index in [0.29, 0.717) is 18.1 Å². The molecule has 6 nitrogen and oxygen atoms in total. The van der Waals surface area contributed by atoms with E-state index < -0.39 is 0 Å². The summed E-state index contributed by atoms with van der Waals surface area (Å²) in [7, 11) is 0. The maximum atomic E-state index is 13.8. The number of likely N-dealkylation sites (tertiary alicyclic amines) is 1. The predicted octanol–water partition coefficient (Wildman–Crippen LogP) is 4.12. The number of amides is 2. The zero-order valence-corrected chi connectivity index (χ0v) is 18.8. The Morgan fingerprint density at radius 1 is 1.10 bits per heavy atom. The molecule has 0 radical (unpaired) electrons. The van der Waals surface area contributed by atoms with Gasteiger partial charge in [0, 0.05) is 24.6 Å². The van der Waals surface area contributed by atoms with E-state index in [0.717, 1.165) is 55.6 Å². The SMILES string of the molecule is Cc1nn(-c2ccccc2)c2c1C(C(C)C)N(C1CCN(C(=O)C3CCCC3)C1)C2=O. The molecular weight excluding hydrogens is 388 g/mol. The fraction of sp³-hybridized carbons (Fsp3) is 0.560. The van der Waals surface area contributed by atoms with Crippen molar-refractivity contribution in [3.63, 3.8) is 0 Å². The lowest BCUT2D eigenvalue weighted by Crippen LogP contribution is -2.43. The number of aryl methyl sites for hydroxylation is 1. The molecule has 2 unspecified atom stereocenters. The topological polar surface area (TPSA) is 58.4 Å². The third-order valence-electron chi connectivity index (χ3n) is 7.34. The minimum atomic E-state index is 0.00601. The van der Waals surface area contributed by atoms with Crippen molar-refractivity contribution in [2.75, 3.05) is 13.1 Å². The highest BCUT2D eigenvalue weighted by Gasteiger charge is 2.48. The summed E-state index contributed by atoms with van der Waals surface area (Å²) in [4.78, 5) is 30.9. The number of carbonyl (C=O) groups is 2. The molecule has 31 heavy (non-hydrogen) atoms. The molecular formula is C25H32N4O2. The first-order valence-electron chi connectivity index (χ1n) is 11.7. The van der Waals surface area contributed by atoms with Crippen molar-refractivity contribution in [1.29, 1.82) is 0 Å². The van der Waals surface area contributed by atoms with E-state index in [2.05, 4.69) is 18.7 Å². The second kappa shape index (κ2) is 7.81. The summed E-state index contributed by atoms with van der Waals surface area (Å²) in [6, 6.07) is 9.97. The van der Waals surface area contributed by atoms with Crippen molar-refractivity contribution in [2.24, 2.45) is 11.8 Å². The molecule has 5 rings (SSSR count). The van der Waals surface area contributed by atoms with Gasteiger partial charge in [0.2, 0.25) is 5.91 Å². The molecule has 6 heteroatoms. The molecule has 3 aliphatic rings. The van der Waals surface area contributed by atoms with Gasteiger partial charge in [-0.15, -0.1) is 0 Å². The van der Waals surface area contributed by atoms with Crippen molar-refractivity contribution in [3.8, 4) is 5.69 Å². The van der Waals surface area contributed by atoms with E-state index in [1.54, 1.807) is 0 Å². The van der Waals surface area contributed by atoms with Crippen LogP contribution in [0.5, 0.6) is 0 Å². The molecule has 1 saturated heterocycles. The molecule has 2 fully saturated rings. The number of rotatable bonds is 4. The van der Waals surface area contributed by atoms with Gasteiger partial charge in [-0.25, -0.2) is 4.68 Å². The number of benzene rings is 1. The molecule has 2 aliphatic heterocycles. The third kappa shape index (κ3) is 3.27. The minimum absolute atomic E-state index is 0.00601. The summed E-state index contributed by atoms with van der Waals surface area (Å²) in [6.45, 7) is 7.78. The van der Waals surface area contributed by atoms with Crippen molar-refractivity contribution >= 4 is 11.8 Å². The molecule has 2 atom stereocenters. The number of hydrogen-bond acceptors (Lipinski definition) is 3. The van der Waals surface area contributed by atoms with Gasteiger partial charge in [-0.05, 0) is 44.2 Å². The standard InChI is InChI=1S/C25H32N4O2/c1-16(2)22-21-17(3)26-29(19-11-5-4-6-12-19)23(21)25(31)28(22)20-13-14-27(15-20)24(30)18-9-7-8-10-18/h4-6,11-12,16,18,20,22H,7-10,13-15H2,1-3H3. The van der Waals surface area contributed by atoms with Crippen molar-refractivity contribution in [3.05, 3.63) is 47.3 Å².